The first-order valence-corrected chi connectivity index (χ1v) is 6.89. The van der Waals surface area contributed by atoms with Crippen LogP contribution in [0.2, 0.25) is 0 Å². The van der Waals surface area contributed by atoms with Gasteiger partial charge in [-0.15, -0.1) is 11.3 Å². The normalized spacial score (nSPS) is 10.9. The number of hydrogen-bond donors (Lipinski definition) is 1. The highest BCUT2D eigenvalue weighted by Gasteiger charge is 2.10. The minimum Gasteiger partial charge on any atom is -0.351 e. The summed E-state index contributed by atoms with van der Waals surface area (Å²) >= 11 is 8.13. The third kappa shape index (κ3) is 4.09. The van der Waals surface area contributed by atoms with Gasteiger partial charge in [-0.05, 0) is 51.3 Å². The Labute approximate surface area is 110 Å². The van der Waals surface area contributed by atoms with Gasteiger partial charge < -0.3 is 5.32 Å². The molecule has 15 heavy (non-hydrogen) atoms. The van der Waals surface area contributed by atoms with Crippen LogP contribution in [0, 0.1) is 0 Å². The lowest BCUT2D eigenvalue weighted by atomic mass is 10.3. The zero-order chi connectivity index (χ0) is 11.3. The first kappa shape index (κ1) is 12.9. The molecule has 0 fully saturated rings. The molecule has 1 rings (SSSR count). The van der Waals surface area contributed by atoms with Crippen molar-refractivity contribution in [3.63, 3.8) is 0 Å². The molecular weight excluding hydrogens is 342 g/mol. The summed E-state index contributed by atoms with van der Waals surface area (Å²) < 4.78 is 1.87. The summed E-state index contributed by atoms with van der Waals surface area (Å²) in [6.45, 7) is 2.64. The van der Waals surface area contributed by atoms with Crippen LogP contribution in [0.5, 0.6) is 0 Å². The first-order chi connectivity index (χ1) is 7.15. The van der Waals surface area contributed by atoms with Gasteiger partial charge in [-0.1, -0.05) is 12.2 Å². The molecule has 0 atom stereocenters. The summed E-state index contributed by atoms with van der Waals surface area (Å²) in [7, 11) is 0. The standard InChI is InChI=1S/C10H11Br2NOS/c1-2-3-4-5-13-10(14)8-6-7(11)9(12)15-8/h2-3,6H,4-5H2,1H3,(H,13,14)/b3-2+. The van der Waals surface area contributed by atoms with Crippen LogP contribution >= 0.6 is 43.2 Å². The molecular formula is C10H11Br2NOS. The fraction of sp³-hybridized carbons (Fsp3) is 0.300. The van der Waals surface area contributed by atoms with Crippen molar-refractivity contribution in [2.45, 2.75) is 13.3 Å². The second kappa shape index (κ2) is 6.45. The number of carbonyl (C=O) groups is 1. The number of allylic oxidation sites excluding steroid dienone is 1. The Bertz CT molecular complexity index is 354. The van der Waals surface area contributed by atoms with Gasteiger partial charge in [0.25, 0.3) is 5.91 Å². The Kier molecular flexibility index (Phi) is 5.56. The SMILES string of the molecule is C/C=C/CCNC(=O)c1cc(Br)c(Br)s1. The number of hydrogen-bond acceptors (Lipinski definition) is 2. The molecule has 0 saturated carbocycles. The van der Waals surface area contributed by atoms with Crippen molar-refractivity contribution in [2.75, 3.05) is 6.54 Å². The number of nitrogens with one attached hydrogen (secondary N) is 1. The molecule has 1 amide bonds. The maximum atomic E-state index is 11.6. The third-order valence-corrected chi connectivity index (χ3v) is 4.96. The van der Waals surface area contributed by atoms with E-state index in [-0.39, 0.29) is 5.91 Å². The summed E-state index contributed by atoms with van der Waals surface area (Å²) in [5.41, 5.74) is 0. The molecule has 2 nitrogen and oxygen atoms in total. The lowest BCUT2D eigenvalue weighted by molar-refractivity contribution is 0.0958. The van der Waals surface area contributed by atoms with Crippen LogP contribution in [0.4, 0.5) is 0 Å². The van der Waals surface area contributed by atoms with Gasteiger partial charge in [0, 0.05) is 11.0 Å². The number of rotatable bonds is 4. The Morgan fingerprint density at radius 1 is 1.60 bits per heavy atom. The second-order valence-corrected chi connectivity index (χ2v) is 6.07. The number of amides is 1. The Morgan fingerprint density at radius 2 is 2.33 bits per heavy atom. The van der Waals surface area contributed by atoms with Gasteiger partial charge in [-0.3, -0.25) is 4.79 Å². The Balaban J connectivity index is 2.47. The average Bonchev–Trinajstić information content (AvgIpc) is 2.54. The molecule has 0 aliphatic heterocycles. The summed E-state index contributed by atoms with van der Waals surface area (Å²) in [5, 5.41) is 2.85. The van der Waals surface area contributed by atoms with Crippen LogP contribution < -0.4 is 5.32 Å². The highest BCUT2D eigenvalue weighted by molar-refractivity contribution is 9.13. The molecule has 1 aromatic rings. The van der Waals surface area contributed by atoms with E-state index >= 15 is 0 Å². The van der Waals surface area contributed by atoms with Gasteiger partial charge in [0.15, 0.2) is 0 Å². The van der Waals surface area contributed by atoms with E-state index in [1.807, 2.05) is 25.1 Å². The molecule has 1 N–H and O–H groups in total. The van der Waals surface area contributed by atoms with E-state index in [0.717, 1.165) is 14.7 Å². The molecule has 0 saturated heterocycles. The Morgan fingerprint density at radius 3 is 2.87 bits per heavy atom. The predicted molar refractivity (Wildman–Crippen MR) is 71.5 cm³/mol. The van der Waals surface area contributed by atoms with Crippen molar-refractivity contribution in [2.24, 2.45) is 0 Å². The van der Waals surface area contributed by atoms with Crippen molar-refractivity contribution in [3.05, 3.63) is 31.4 Å². The molecule has 0 aliphatic rings. The number of halogens is 2. The minimum absolute atomic E-state index is 0.0177. The predicted octanol–water partition coefficient (Wildman–Crippen LogP) is 3.97. The molecule has 5 heteroatoms. The molecule has 0 aliphatic carbocycles. The minimum atomic E-state index is -0.0177. The quantitative estimate of drug-likeness (QED) is 0.644. The number of carbonyl (C=O) groups excluding carboxylic acids is 1. The molecule has 0 spiro atoms. The molecule has 0 bridgehead atoms. The third-order valence-electron chi connectivity index (χ3n) is 1.70. The Hall–Kier alpha value is -0.130. The summed E-state index contributed by atoms with van der Waals surface area (Å²) in [6.07, 6.45) is 4.88. The van der Waals surface area contributed by atoms with Crippen LogP contribution in [-0.4, -0.2) is 12.5 Å². The van der Waals surface area contributed by atoms with E-state index < -0.39 is 0 Å². The van der Waals surface area contributed by atoms with Crippen molar-refractivity contribution < 1.29 is 4.79 Å². The van der Waals surface area contributed by atoms with E-state index in [1.165, 1.54) is 11.3 Å². The van der Waals surface area contributed by atoms with Gasteiger partial charge in [0.1, 0.15) is 0 Å². The molecule has 0 aromatic carbocycles. The van der Waals surface area contributed by atoms with Gasteiger partial charge in [0.2, 0.25) is 0 Å². The number of thiophene rings is 1. The van der Waals surface area contributed by atoms with Gasteiger partial charge in [-0.25, -0.2) is 0 Å². The van der Waals surface area contributed by atoms with Crippen LogP contribution in [-0.2, 0) is 0 Å². The molecule has 1 heterocycles. The van der Waals surface area contributed by atoms with Crippen LogP contribution in [0.1, 0.15) is 23.0 Å². The zero-order valence-corrected chi connectivity index (χ0v) is 12.2. The average molecular weight is 353 g/mol. The monoisotopic (exact) mass is 351 g/mol. The van der Waals surface area contributed by atoms with Gasteiger partial charge in [-0.2, -0.15) is 0 Å². The first-order valence-electron chi connectivity index (χ1n) is 4.49. The van der Waals surface area contributed by atoms with Gasteiger partial charge in [0.05, 0.1) is 8.66 Å². The van der Waals surface area contributed by atoms with Crippen molar-refractivity contribution in [1.82, 2.24) is 5.32 Å². The van der Waals surface area contributed by atoms with Gasteiger partial charge >= 0.3 is 0 Å². The van der Waals surface area contributed by atoms with E-state index in [9.17, 15) is 4.79 Å². The summed E-state index contributed by atoms with van der Waals surface area (Å²) in [4.78, 5) is 12.3. The highest BCUT2D eigenvalue weighted by Crippen LogP contribution is 2.32. The molecule has 1 aromatic heterocycles. The van der Waals surface area contributed by atoms with E-state index in [0.29, 0.717) is 11.4 Å². The van der Waals surface area contributed by atoms with E-state index in [1.54, 1.807) is 0 Å². The molecule has 0 radical (unpaired) electrons. The maximum absolute atomic E-state index is 11.6. The fourth-order valence-corrected chi connectivity index (χ4v) is 2.93. The summed E-state index contributed by atoms with van der Waals surface area (Å²) in [5.74, 6) is -0.0177. The van der Waals surface area contributed by atoms with Crippen molar-refractivity contribution >= 4 is 49.1 Å². The second-order valence-electron chi connectivity index (χ2n) is 2.85. The van der Waals surface area contributed by atoms with Crippen molar-refractivity contribution in [3.8, 4) is 0 Å². The van der Waals surface area contributed by atoms with Crippen molar-refractivity contribution in [1.29, 1.82) is 0 Å². The fourth-order valence-electron chi connectivity index (χ4n) is 0.981. The summed E-state index contributed by atoms with van der Waals surface area (Å²) in [6, 6.07) is 1.82. The van der Waals surface area contributed by atoms with Crippen LogP contribution in [0.3, 0.4) is 0 Å². The van der Waals surface area contributed by atoms with Crippen LogP contribution in [0.15, 0.2) is 26.5 Å². The van der Waals surface area contributed by atoms with E-state index in [2.05, 4.69) is 37.2 Å². The van der Waals surface area contributed by atoms with E-state index in [4.69, 9.17) is 0 Å². The molecule has 82 valence electrons. The molecule has 0 unspecified atom stereocenters. The highest BCUT2D eigenvalue weighted by atomic mass is 79.9. The largest absolute Gasteiger partial charge is 0.351 e. The lowest BCUT2D eigenvalue weighted by Crippen LogP contribution is -2.23. The lowest BCUT2D eigenvalue weighted by Gasteiger charge is -1.99. The van der Waals surface area contributed by atoms with Crippen LogP contribution in [0.25, 0.3) is 0 Å². The topological polar surface area (TPSA) is 29.1 Å². The zero-order valence-electron chi connectivity index (χ0n) is 8.22. The maximum Gasteiger partial charge on any atom is 0.261 e. The smallest absolute Gasteiger partial charge is 0.261 e.